The molecule has 15 heavy (non-hydrogen) atoms. The first-order valence-corrected chi connectivity index (χ1v) is 6.10. The second kappa shape index (κ2) is 5.01. The summed E-state index contributed by atoms with van der Waals surface area (Å²) in [6, 6.07) is 7.24. The second-order valence-electron chi connectivity index (χ2n) is 4.15. The molecule has 0 radical (unpaired) electrons. The molecule has 1 unspecified atom stereocenters. The smallest absolute Gasteiger partial charge is 0.144 e. The van der Waals surface area contributed by atoms with Crippen LogP contribution in [0.3, 0.4) is 0 Å². The van der Waals surface area contributed by atoms with Crippen LogP contribution < -0.4 is 0 Å². The molecule has 0 aromatic heterocycles. The molecule has 0 aliphatic heterocycles. The Morgan fingerprint density at radius 3 is 2.27 bits per heavy atom. The van der Waals surface area contributed by atoms with Gasteiger partial charge in [0.15, 0.2) is 0 Å². The lowest BCUT2D eigenvalue weighted by Gasteiger charge is -2.17. The molecule has 0 fully saturated rings. The van der Waals surface area contributed by atoms with Gasteiger partial charge in [0.25, 0.3) is 0 Å². The summed E-state index contributed by atoms with van der Waals surface area (Å²) < 4.78 is 15.3. The minimum Gasteiger partial charge on any atom is -0.591 e. The first-order chi connectivity index (χ1) is 6.89. The Morgan fingerprint density at radius 1 is 1.27 bits per heavy atom. The van der Waals surface area contributed by atoms with Gasteiger partial charge in [-0.2, -0.15) is 0 Å². The van der Waals surface area contributed by atoms with Gasteiger partial charge in [-0.05, 0) is 38.5 Å². The third-order valence-electron chi connectivity index (χ3n) is 1.69. The summed E-state index contributed by atoms with van der Waals surface area (Å²) in [5.41, 5.74) is 0.900. The van der Waals surface area contributed by atoms with Crippen LogP contribution in [0.2, 0.25) is 5.02 Å². The lowest BCUT2D eigenvalue weighted by atomic mass is 10.2. The number of hydrogen-bond donors (Lipinski definition) is 0. The molecule has 0 saturated carbocycles. The van der Waals surface area contributed by atoms with Crippen LogP contribution in [0.25, 0.3) is 0 Å². The molecule has 1 atom stereocenters. The van der Waals surface area contributed by atoms with Gasteiger partial charge in [-0.3, -0.25) is 0 Å². The highest BCUT2D eigenvalue weighted by Crippen LogP contribution is 2.17. The fourth-order valence-electron chi connectivity index (χ4n) is 0.816. The molecular formula is C11H14ClNOS. The van der Waals surface area contributed by atoms with Gasteiger partial charge < -0.3 is 4.55 Å². The predicted molar refractivity (Wildman–Crippen MR) is 66.9 cm³/mol. The Hall–Kier alpha value is -0.510. The van der Waals surface area contributed by atoms with Crippen molar-refractivity contribution >= 4 is 29.2 Å². The average Bonchev–Trinajstić information content (AvgIpc) is 2.15. The fourth-order valence-corrected chi connectivity index (χ4v) is 1.48. The maximum absolute atomic E-state index is 11.6. The number of rotatable bonds is 2. The molecule has 1 aromatic rings. The van der Waals surface area contributed by atoms with E-state index in [1.807, 2.05) is 32.9 Å². The Morgan fingerprint density at radius 2 is 1.80 bits per heavy atom. The van der Waals surface area contributed by atoms with Crippen LogP contribution in [0.1, 0.15) is 26.3 Å². The lowest BCUT2D eigenvalue weighted by molar-refractivity contribution is 0.562. The molecule has 0 amide bonds. The molecule has 2 nitrogen and oxygen atoms in total. The summed E-state index contributed by atoms with van der Waals surface area (Å²) in [4.78, 5) is 0. The normalized spacial score (nSPS) is 14.5. The molecule has 4 heteroatoms. The maximum atomic E-state index is 11.6. The second-order valence-corrected chi connectivity index (χ2v) is 6.52. The number of hydrogen-bond acceptors (Lipinski definition) is 2. The molecule has 0 spiro atoms. The third kappa shape index (κ3) is 4.24. The molecule has 82 valence electrons. The summed E-state index contributed by atoms with van der Waals surface area (Å²) in [6.45, 7) is 5.67. The maximum Gasteiger partial charge on any atom is 0.144 e. The van der Waals surface area contributed by atoms with Gasteiger partial charge in [-0.15, -0.1) is 0 Å². The van der Waals surface area contributed by atoms with Crippen LogP contribution in [0, 0.1) is 0 Å². The minimum absolute atomic E-state index is 0.317. The molecule has 0 aliphatic rings. The summed E-state index contributed by atoms with van der Waals surface area (Å²) >= 11 is 4.54. The van der Waals surface area contributed by atoms with Gasteiger partial charge in [-0.25, -0.2) is 0 Å². The molecule has 1 rings (SSSR count). The zero-order valence-electron chi connectivity index (χ0n) is 9.03. The molecule has 0 bridgehead atoms. The molecular weight excluding hydrogens is 230 g/mol. The zero-order valence-corrected chi connectivity index (χ0v) is 10.6. The minimum atomic E-state index is -1.21. The van der Waals surface area contributed by atoms with Crippen molar-refractivity contribution in [2.24, 2.45) is 4.40 Å². The summed E-state index contributed by atoms with van der Waals surface area (Å²) in [6.07, 6.45) is 1.61. The van der Waals surface area contributed by atoms with Crippen molar-refractivity contribution in [1.29, 1.82) is 0 Å². The topological polar surface area (TPSA) is 35.4 Å². The lowest BCUT2D eigenvalue weighted by Crippen LogP contribution is -2.25. The molecule has 1 aromatic carbocycles. The first kappa shape index (κ1) is 12.6. The highest BCUT2D eigenvalue weighted by Gasteiger charge is 2.25. The van der Waals surface area contributed by atoms with E-state index < -0.39 is 11.4 Å². The fraction of sp³-hybridized carbons (Fsp3) is 0.364. The molecule has 0 heterocycles. The highest BCUT2D eigenvalue weighted by molar-refractivity contribution is 7.91. The quantitative estimate of drug-likeness (QED) is 0.580. The largest absolute Gasteiger partial charge is 0.591 e. The molecule has 0 N–H and O–H groups in total. The third-order valence-corrected chi connectivity index (χ3v) is 3.29. The molecule has 0 aliphatic carbocycles. The number of benzene rings is 1. The van der Waals surface area contributed by atoms with E-state index in [0.717, 1.165) is 5.56 Å². The summed E-state index contributed by atoms with van der Waals surface area (Å²) in [5.74, 6) is 0. The van der Waals surface area contributed by atoms with Crippen molar-refractivity contribution in [1.82, 2.24) is 0 Å². The Kier molecular flexibility index (Phi) is 4.20. The zero-order chi connectivity index (χ0) is 11.5. The van der Waals surface area contributed by atoms with E-state index in [2.05, 4.69) is 4.40 Å². The van der Waals surface area contributed by atoms with E-state index in [9.17, 15) is 4.55 Å². The van der Waals surface area contributed by atoms with Gasteiger partial charge in [0, 0.05) is 5.02 Å². The van der Waals surface area contributed by atoms with Crippen molar-refractivity contribution in [3.63, 3.8) is 0 Å². The van der Waals surface area contributed by atoms with Gasteiger partial charge in [0.05, 0.1) is 6.21 Å². The van der Waals surface area contributed by atoms with E-state index in [1.165, 1.54) is 0 Å². The highest BCUT2D eigenvalue weighted by atomic mass is 35.5. The van der Waals surface area contributed by atoms with E-state index in [4.69, 9.17) is 11.6 Å². The van der Waals surface area contributed by atoms with E-state index >= 15 is 0 Å². The Labute approximate surface area is 98.7 Å². The van der Waals surface area contributed by atoms with Gasteiger partial charge in [0.2, 0.25) is 0 Å². The van der Waals surface area contributed by atoms with E-state index in [0.29, 0.717) is 5.02 Å². The van der Waals surface area contributed by atoms with Crippen LogP contribution in [-0.2, 0) is 11.4 Å². The van der Waals surface area contributed by atoms with Crippen LogP contribution >= 0.6 is 11.6 Å². The van der Waals surface area contributed by atoms with Crippen molar-refractivity contribution in [2.75, 3.05) is 0 Å². The first-order valence-electron chi connectivity index (χ1n) is 4.61. The summed E-state index contributed by atoms with van der Waals surface area (Å²) in [7, 11) is 0. The monoisotopic (exact) mass is 243 g/mol. The van der Waals surface area contributed by atoms with Gasteiger partial charge in [0.1, 0.15) is 16.1 Å². The summed E-state index contributed by atoms with van der Waals surface area (Å²) in [5, 5.41) is 0.684. The standard InChI is InChI=1S/C11H14ClNOS/c1-11(2,3)15(14)13-8-9-4-6-10(12)7-5-9/h4-8H,1-3H3. The van der Waals surface area contributed by atoms with E-state index in [1.54, 1.807) is 18.3 Å². The van der Waals surface area contributed by atoms with Gasteiger partial charge in [-0.1, -0.05) is 28.1 Å². The van der Waals surface area contributed by atoms with Crippen LogP contribution in [0.15, 0.2) is 28.7 Å². The van der Waals surface area contributed by atoms with Crippen molar-refractivity contribution in [2.45, 2.75) is 25.5 Å². The van der Waals surface area contributed by atoms with Crippen molar-refractivity contribution in [3.05, 3.63) is 34.9 Å². The van der Waals surface area contributed by atoms with E-state index in [-0.39, 0.29) is 4.75 Å². The van der Waals surface area contributed by atoms with Crippen molar-refractivity contribution in [3.8, 4) is 0 Å². The van der Waals surface area contributed by atoms with Crippen molar-refractivity contribution < 1.29 is 4.55 Å². The van der Waals surface area contributed by atoms with Crippen LogP contribution in [0.5, 0.6) is 0 Å². The van der Waals surface area contributed by atoms with Crippen LogP contribution in [-0.4, -0.2) is 15.5 Å². The molecule has 0 saturated heterocycles. The Bertz CT molecular complexity index is 343. The van der Waals surface area contributed by atoms with Crippen LogP contribution in [0.4, 0.5) is 0 Å². The SMILES string of the molecule is CC(C)(C)[S+]([O-])N=Cc1ccc(Cl)cc1. The number of nitrogens with zero attached hydrogens (tertiary/aromatic N) is 1. The number of halogens is 1. The average molecular weight is 244 g/mol. The predicted octanol–water partition coefficient (Wildman–Crippen LogP) is 3.22. The Balaban J connectivity index is 2.70. The van der Waals surface area contributed by atoms with Gasteiger partial charge >= 0.3 is 0 Å².